The number of anilines is 1. The molecule has 2 heterocycles. The van der Waals surface area contributed by atoms with Crippen LogP contribution in [0.2, 0.25) is 0 Å². The van der Waals surface area contributed by atoms with Gasteiger partial charge in [0.15, 0.2) is 5.13 Å². The van der Waals surface area contributed by atoms with E-state index in [0.29, 0.717) is 22.8 Å². The van der Waals surface area contributed by atoms with Crippen molar-refractivity contribution in [3.8, 4) is 5.75 Å². The third-order valence-electron chi connectivity index (χ3n) is 4.13. The van der Waals surface area contributed by atoms with Gasteiger partial charge in [-0.1, -0.05) is 19.1 Å². The normalized spacial score (nSPS) is 12.1. The molecular weight excluding hydrogens is 338 g/mol. The highest BCUT2D eigenvalue weighted by molar-refractivity contribution is 7.13. The van der Waals surface area contributed by atoms with Crippen LogP contribution in [0.4, 0.5) is 5.13 Å². The van der Waals surface area contributed by atoms with Crippen LogP contribution in [0.5, 0.6) is 5.75 Å². The topological polar surface area (TPSA) is 73.2 Å². The number of pyridine rings is 1. The number of aromatic nitrogens is 2. The molecule has 6 nitrogen and oxygen atoms in total. The van der Waals surface area contributed by atoms with Gasteiger partial charge in [0.25, 0.3) is 5.56 Å². The number of nitrogens with zero attached hydrogens (tertiary/aromatic N) is 2. The lowest BCUT2D eigenvalue weighted by atomic mass is 10.1. The number of thiazole rings is 1. The molecule has 130 valence electrons. The summed E-state index contributed by atoms with van der Waals surface area (Å²) >= 11 is 1.34. The van der Waals surface area contributed by atoms with Crippen molar-refractivity contribution in [2.45, 2.75) is 26.3 Å². The summed E-state index contributed by atoms with van der Waals surface area (Å²) < 4.78 is 6.97. The molecule has 0 fully saturated rings. The number of hydrogen-bond donors (Lipinski definition) is 1. The number of carbonyl (C=O) groups is 1. The predicted octanol–water partition coefficient (Wildman–Crippen LogP) is 3.36. The monoisotopic (exact) mass is 357 g/mol. The first-order chi connectivity index (χ1) is 12.1. The van der Waals surface area contributed by atoms with Gasteiger partial charge in [-0.2, -0.15) is 0 Å². The zero-order valence-corrected chi connectivity index (χ0v) is 15.1. The van der Waals surface area contributed by atoms with Gasteiger partial charge in [0, 0.05) is 23.0 Å². The Bertz CT molecular complexity index is 964. The average molecular weight is 357 g/mol. The number of ether oxygens (including phenoxy) is 1. The van der Waals surface area contributed by atoms with Crippen LogP contribution in [0.15, 0.2) is 40.6 Å². The molecule has 25 heavy (non-hydrogen) atoms. The third kappa shape index (κ3) is 3.15. The first kappa shape index (κ1) is 17.2. The molecule has 3 rings (SSSR count). The number of hydrogen-bond acceptors (Lipinski definition) is 5. The van der Waals surface area contributed by atoms with Crippen molar-refractivity contribution >= 4 is 33.3 Å². The van der Waals surface area contributed by atoms with Crippen molar-refractivity contribution in [3.63, 3.8) is 0 Å². The highest BCUT2D eigenvalue weighted by Gasteiger charge is 2.24. The number of benzene rings is 1. The molecular formula is C18H19N3O3S. The number of carbonyl (C=O) groups excluding carboxylic acids is 1. The van der Waals surface area contributed by atoms with E-state index < -0.39 is 6.04 Å². The molecule has 1 aromatic carbocycles. The number of fused-ring (bicyclic) bond motifs is 1. The quantitative estimate of drug-likeness (QED) is 0.760. The van der Waals surface area contributed by atoms with E-state index >= 15 is 0 Å². The molecule has 1 amide bonds. The minimum absolute atomic E-state index is 0.226. The number of aryl methyl sites for hydroxylation is 1. The number of methoxy groups -OCH3 is 1. The lowest BCUT2D eigenvalue weighted by molar-refractivity contribution is -0.119. The number of amides is 1. The van der Waals surface area contributed by atoms with Crippen LogP contribution in [0, 0.1) is 6.92 Å². The fraction of sp³-hybridized carbons (Fsp3) is 0.278. The van der Waals surface area contributed by atoms with Crippen LogP contribution < -0.4 is 15.6 Å². The fourth-order valence-corrected chi connectivity index (χ4v) is 3.50. The molecule has 1 N–H and O–H groups in total. The van der Waals surface area contributed by atoms with Crippen LogP contribution in [0.3, 0.4) is 0 Å². The van der Waals surface area contributed by atoms with Crippen LogP contribution in [0.25, 0.3) is 10.9 Å². The van der Waals surface area contributed by atoms with Gasteiger partial charge in [-0.25, -0.2) is 4.98 Å². The first-order valence-corrected chi connectivity index (χ1v) is 8.84. The van der Waals surface area contributed by atoms with Gasteiger partial charge in [-0.15, -0.1) is 11.3 Å². The van der Waals surface area contributed by atoms with Crippen molar-refractivity contribution in [1.82, 2.24) is 9.55 Å². The Morgan fingerprint density at radius 1 is 1.44 bits per heavy atom. The summed E-state index contributed by atoms with van der Waals surface area (Å²) in [4.78, 5) is 29.6. The second-order valence-corrected chi connectivity index (χ2v) is 6.54. The summed E-state index contributed by atoms with van der Waals surface area (Å²) in [6.07, 6.45) is 2.09. The molecule has 3 aromatic rings. The fourth-order valence-electron chi connectivity index (χ4n) is 2.96. The second-order valence-electron chi connectivity index (χ2n) is 5.64. The van der Waals surface area contributed by atoms with Crippen LogP contribution in [-0.4, -0.2) is 22.6 Å². The van der Waals surface area contributed by atoms with Crippen molar-refractivity contribution < 1.29 is 9.53 Å². The maximum absolute atomic E-state index is 12.8. The van der Waals surface area contributed by atoms with E-state index in [1.165, 1.54) is 15.9 Å². The molecule has 0 aliphatic carbocycles. The summed E-state index contributed by atoms with van der Waals surface area (Å²) in [5.74, 6) is 0.300. The molecule has 0 spiro atoms. The van der Waals surface area contributed by atoms with Crippen molar-refractivity contribution in [2.75, 3.05) is 12.4 Å². The van der Waals surface area contributed by atoms with Gasteiger partial charge in [-0.3, -0.25) is 14.2 Å². The third-order valence-corrected chi connectivity index (χ3v) is 4.81. The first-order valence-electron chi connectivity index (χ1n) is 7.96. The van der Waals surface area contributed by atoms with Crippen molar-refractivity contribution in [3.05, 3.63) is 51.8 Å². The number of para-hydroxylation sites is 1. The van der Waals surface area contributed by atoms with Crippen molar-refractivity contribution in [2.24, 2.45) is 0 Å². The number of rotatable bonds is 5. The van der Waals surface area contributed by atoms with E-state index in [-0.39, 0.29) is 11.5 Å². The largest absolute Gasteiger partial charge is 0.495 e. The van der Waals surface area contributed by atoms with Crippen molar-refractivity contribution in [1.29, 1.82) is 0 Å². The Kier molecular flexibility index (Phi) is 4.85. The summed E-state index contributed by atoms with van der Waals surface area (Å²) in [6.45, 7) is 3.75. The van der Waals surface area contributed by atoms with E-state index in [4.69, 9.17) is 4.74 Å². The number of nitrogens with one attached hydrogen (secondary N) is 1. The SMILES string of the molecule is CCC(C(=O)Nc1nccs1)n1c(=O)cc(C)c2cccc(OC)c21. The lowest BCUT2D eigenvalue weighted by Gasteiger charge is -2.21. The molecule has 2 aromatic heterocycles. The maximum atomic E-state index is 12.8. The van der Waals surface area contributed by atoms with Gasteiger partial charge in [0.05, 0.1) is 12.6 Å². The second kappa shape index (κ2) is 7.06. The summed E-state index contributed by atoms with van der Waals surface area (Å²) in [7, 11) is 1.56. The van der Waals surface area contributed by atoms with E-state index in [9.17, 15) is 9.59 Å². The Balaban J connectivity index is 2.18. The standard InChI is InChI=1S/C18H19N3O3S/c1-4-13(17(23)20-18-19-8-9-25-18)21-15(22)10-11(2)12-6-5-7-14(24-3)16(12)21/h5-10,13H,4H2,1-3H3,(H,19,20,23). The van der Waals surface area contributed by atoms with Crippen LogP contribution in [0.1, 0.15) is 24.9 Å². The summed E-state index contributed by atoms with van der Waals surface area (Å²) in [6, 6.07) is 6.49. The molecule has 7 heteroatoms. The molecule has 0 saturated carbocycles. The Hall–Kier alpha value is -2.67. The van der Waals surface area contributed by atoms with Gasteiger partial charge >= 0.3 is 0 Å². The van der Waals surface area contributed by atoms with Gasteiger partial charge in [-0.05, 0) is 25.0 Å². The summed E-state index contributed by atoms with van der Waals surface area (Å²) in [5, 5.41) is 5.97. The Morgan fingerprint density at radius 2 is 2.24 bits per heavy atom. The maximum Gasteiger partial charge on any atom is 0.252 e. The molecule has 1 atom stereocenters. The average Bonchev–Trinajstić information content (AvgIpc) is 3.10. The molecule has 0 saturated heterocycles. The molecule has 0 aliphatic heterocycles. The molecule has 0 aliphatic rings. The van der Waals surface area contributed by atoms with E-state index in [2.05, 4.69) is 10.3 Å². The minimum Gasteiger partial charge on any atom is -0.495 e. The van der Waals surface area contributed by atoms with E-state index in [1.54, 1.807) is 30.8 Å². The minimum atomic E-state index is -0.657. The zero-order chi connectivity index (χ0) is 18.0. The highest BCUT2D eigenvalue weighted by Crippen LogP contribution is 2.29. The highest BCUT2D eigenvalue weighted by atomic mass is 32.1. The Morgan fingerprint density at radius 3 is 2.88 bits per heavy atom. The lowest BCUT2D eigenvalue weighted by Crippen LogP contribution is -2.33. The van der Waals surface area contributed by atoms with Crippen LogP contribution in [-0.2, 0) is 4.79 Å². The smallest absolute Gasteiger partial charge is 0.252 e. The van der Waals surface area contributed by atoms with Gasteiger partial charge in [0.2, 0.25) is 5.91 Å². The zero-order valence-electron chi connectivity index (χ0n) is 14.3. The van der Waals surface area contributed by atoms with E-state index in [0.717, 1.165) is 10.9 Å². The Labute approximate surface area is 149 Å². The summed E-state index contributed by atoms with van der Waals surface area (Å²) in [5.41, 5.74) is 1.26. The predicted molar refractivity (Wildman–Crippen MR) is 99.6 cm³/mol. The van der Waals surface area contributed by atoms with Gasteiger partial charge in [0.1, 0.15) is 11.8 Å². The molecule has 1 unspecified atom stereocenters. The van der Waals surface area contributed by atoms with E-state index in [1.807, 2.05) is 26.0 Å². The van der Waals surface area contributed by atoms with Crippen LogP contribution >= 0.6 is 11.3 Å². The van der Waals surface area contributed by atoms with Gasteiger partial charge < -0.3 is 10.1 Å². The molecule has 0 bridgehead atoms. The molecule has 0 radical (unpaired) electrons.